The van der Waals surface area contributed by atoms with Gasteiger partial charge in [-0.2, -0.15) is 0 Å². The zero-order valence-electron chi connectivity index (χ0n) is 16.1. The first-order valence-electron chi connectivity index (χ1n) is 8.84. The summed E-state index contributed by atoms with van der Waals surface area (Å²) < 4.78 is 5.08. The van der Waals surface area contributed by atoms with Crippen LogP contribution in [0.5, 0.6) is 0 Å². The molecule has 0 spiro atoms. The quantitative estimate of drug-likeness (QED) is 0.229. The summed E-state index contributed by atoms with van der Waals surface area (Å²) in [5.74, 6) is 1.33. The summed E-state index contributed by atoms with van der Waals surface area (Å²) in [7, 11) is 1.74. The number of guanidine groups is 1. The maximum Gasteiger partial charge on any atom is 0.350 e. The second-order valence-electron chi connectivity index (χ2n) is 5.71. The molecule has 0 aliphatic rings. The molecule has 2 rings (SSSR count). The van der Waals surface area contributed by atoms with Gasteiger partial charge in [0.1, 0.15) is 9.88 Å². The number of hydrogen-bond acceptors (Lipinski definition) is 6. The molecule has 0 saturated heterocycles. The van der Waals surface area contributed by atoms with E-state index >= 15 is 0 Å². The molecule has 0 bridgehead atoms. The number of benzene rings is 1. The predicted octanol–water partition coefficient (Wildman–Crippen LogP) is 3.65. The molecular weight excluding hydrogens is 380 g/mol. The Labute approximate surface area is 168 Å². The van der Waals surface area contributed by atoms with Crippen LogP contribution >= 0.6 is 23.1 Å². The fourth-order valence-electron chi connectivity index (χ4n) is 2.31. The van der Waals surface area contributed by atoms with Gasteiger partial charge in [-0.3, -0.25) is 4.99 Å². The van der Waals surface area contributed by atoms with Gasteiger partial charge < -0.3 is 15.4 Å². The molecule has 1 aromatic carbocycles. The van der Waals surface area contributed by atoms with E-state index in [4.69, 9.17) is 4.74 Å². The molecule has 146 valence electrons. The van der Waals surface area contributed by atoms with Crippen molar-refractivity contribution in [3.8, 4) is 0 Å². The highest BCUT2D eigenvalue weighted by molar-refractivity contribution is 7.99. The summed E-state index contributed by atoms with van der Waals surface area (Å²) in [6, 6.07) is 10.2. The zero-order valence-corrected chi connectivity index (χ0v) is 17.7. The Morgan fingerprint density at radius 2 is 2.11 bits per heavy atom. The van der Waals surface area contributed by atoms with E-state index in [1.165, 1.54) is 16.2 Å². The average Bonchev–Trinajstić information content (AvgIpc) is 3.07. The third-order valence-corrected chi connectivity index (χ3v) is 5.96. The Hall–Kier alpha value is -2.06. The van der Waals surface area contributed by atoms with Crippen LogP contribution in [-0.4, -0.2) is 42.9 Å². The minimum atomic E-state index is -0.314. The average molecular weight is 407 g/mol. The molecule has 1 aromatic heterocycles. The van der Waals surface area contributed by atoms with Gasteiger partial charge in [0, 0.05) is 24.2 Å². The maximum atomic E-state index is 12.0. The van der Waals surface area contributed by atoms with E-state index in [-0.39, 0.29) is 12.0 Å². The Morgan fingerprint density at radius 3 is 2.78 bits per heavy atom. The molecule has 6 nitrogen and oxygen atoms in total. The summed E-state index contributed by atoms with van der Waals surface area (Å²) in [5, 5.41) is 7.46. The van der Waals surface area contributed by atoms with Crippen molar-refractivity contribution in [3.05, 3.63) is 45.9 Å². The normalized spacial score (nSPS) is 12.5. The molecule has 8 heteroatoms. The van der Waals surface area contributed by atoms with Crippen molar-refractivity contribution < 1.29 is 9.53 Å². The van der Waals surface area contributed by atoms with Gasteiger partial charge in [-0.25, -0.2) is 9.78 Å². The van der Waals surface area contributed by atoms with Crippen molar-refractivity contribution in [2.75, 3.05) is 26.0 Å². The van der Waals surface area contributed by atoms with E-state index in [2.05, 4.69) is 32.7 Å². The van der Waals surface area contributed by atoms with Crippen molar-refractivity contribution >= 4 is 35.0 Å². The number of aliphatic imine (C=N–C) groups is 1. The van der Waals surface area contributed by atoms with Crippen LogP contribution in [0.3, 0.4) is 0 Å². The first-order valence-corrected chi connectivity index (χ1v) is 10.6. The second-order valence-corrected chi connectivity index (χ2v) is 7.91. The number of ether oxygens (including phenoxy) is 1. The van der Waals surface area contributed by atoms with Gasteiger partial charge in [-0.05, 0) is 32.9 Å². The Bertz CT molecular complexity index is 762. The maximum absolute atomic E-state index is 12.0. The van der Waals surface area contributed by atoms with Gasteiger partial charge in [-0.15, -0.1) is 23.1 Å². The monoisotopic (exact) mass is 406 g/mol. The minimum Gasteiger partial charge on any atom is -0.462 e. The number of thioether (sulfide) groups is 1. The van der Waals surface area contributed by atoms with Crippen LogP contribution in [0.4, 0.5) is 0 Å². The number of hydrogen-bond donors (Lipinski definition) is 2. The van der Waals surface area contributed by atoms with E-state index in [1.54, 1.807) is 25.7 Å². The first-order chi connectivity index (χ1) is 13.0. The lowest BCUT2D eigenvalue weighted by Gasteiger charge is -2.16. The van der Waals surface area contributed by atoms with Gasteiger partial charge in [0.05, 0.1) is 18.3 Å². The molecule has 2 N–H and O–H groups in total. The molecule has 0 amide bonds. The highest BCUT2D eigenvalue weighted by Gasteiger charge is 2.20. The van der Waals surface area contributed by atoms with Crippen LogP contribution < -0.4 is 10.6 Å². The SMILES string of the molecule is CCOC(=O)c1sc(C(C)NC(=NC)NCCSc2ccccc2)nc1C. The molecule has 0 aliphatic heterocycles. The molecule has 27 heavy (non-hydrogen) atoms. The fourth-order valence-corrected chi connectivity index (χ4v) is 4.06. The smallest absolute Gasteiger partial charge is 0.350 e. The molecule has 2 aromatic rings. The molecule has 0 saturated carbocycles. The molecule has 1 heterocycles. The second kappa shape index (κ2) is 10.9. The van der Waals surface area contributed by atoms with Crippen molar-refractivity contribution in [1.29, 1.82) is 0 Å². The number of thiazole rings is 1. The molecule has 0 aliphatic carbocycles. The zero-order chi connectivity index (χ0) is 19.6. The van der Waals surface area contributed by atoms with E-state index in [0.29, 0.717) is 23.1 Å². The van der Waals surface area contributed by atoms with E-state index in [0.717, 1.165) is 17.3 Å². The van der Waals surface area contributed by atoms with Gasteiger partial charge in [0.25, 0.3) is 0 Å². The number of nitrogens with one attached hydrogen (secondary N) is 2. The Morgan fingerprint density at radius 1 is 1.37 bits per heavy atom. The highest BCUT2D eigenvalue weighted by Crippen LogP contribution is 2.24. The minimum absolute atomic E-state index is 0.0650. The van der Waals surface area contributed by atoms with Gasteiger partial charge in [0.15, 0.2) is 5.96 Å². The lowest BCUT2D eigenvalue weighted by atomic mass is 10.3. The van der Waals surface area contributed by atoms with Crippen LogP contribution in [0.1, 0.15) is 40.3 Å². The number of esters is 1. The van der Waals surface area contributed by atoms with Crippen LogP contribution in [0, 0.1) is 6.92 Å². The standard InChI is InChI=1S/C19H26N4O2S2/c1-5-25-18(24)16-13(2)22-17(27-16)14(3)23-19(20-4)21-11-12-26-15-9-7-6-8-10-15/h6-10,14H,5,11-12H2,1-4H3,(H2,20,21,23). The van der Waals surface area contributed by atoms with Gasteiger partial charge >= 0.3 is 5.97 Å². The Balaban J connectivity index is 1.85. The van der Waals surface area contributed by atoms with E-state index in [1.807, 2.05) is 32.0 Å². The molecular formula is C19H26N4O2S2. The summed E-state index contributed by atoms with van der Waals surface area (Å²) in [5.41, 5.74) is 0.698. The highest BCUT2D eigenvalue weighted by atomic mass is 32.2. The third kappa shape index (κ3) is 6.55. The van der Waals surface area contributed by atoms with E-state index < -0.39 is 0 Å². The van der Waals surface area contributed by atoms with Crippen LogP contribution in [0.25, 0.3) is 0 Å². The van der Waals surface area contributed by atoms with Gasteiger partial charge in [-0.1, -0.05) is 18.2 Å². The molecule has 1 atom stereocenters. The first kappa shape index (κ1) is 21.2. The summed E-state index contributed by atoms with van der Waals surface area (Å²) in [4.78, 5) is 22.5. The lowest BCUT2D eigenvalue weighted by Crippen LogP contribution is -2.39. The van der Waals surface area contributed by atoms with Crippen molar-refractivity contribution in [1.82, 2.24) is 15.6 Å². The van der Waals surface area contributed by atoms with E-state index in [9.17, 15) is 4.79 Å². The predicted molar refractivity (Wildman–Crippen MR) is 113 cm³/mol. The summed E-state index contributed by atoms with van der Waals surface area (Å²) in [6.07, 6.45) is 0. The topological polar surface area (TPSA) is 75.6 Å². The van der Waals surface area contributed by atoms with Crippen LogP contribution in [0.2, 0.25) is 0 Å². The molecule has 0 radical (unpaired) electrons. The van der Waals surface area contributed by atoms with Crippen molar-refractivity contribution in [2.45, 2.75) is 31.7 Å². The third-order valence-electron chi connectivity index (χ3n) is 3.63. The summed E-state index contributed by atoms with van der Waals surface area (Å²) in [6.45, 7) is 6.77. The number of aryl methyl sites for hydroxylation is 1. The van der Waals surface area contributed by atoms with Gasteiger partial charge in [0.2, 0.25) is 0 Å². The summed E-state index contributed by atoms with van der Waals surface area (Å²) >= 11 is 3.15. The largest absolute Gasteiger partial charge is 0.462 e. The van der Waals surface area contributed by atoms with Crippen LogP contribution in [-0.2, 0) is 4.74 Å². The number of rotatable bonds is 8. The molecule has 1 unspecified atom stereocenters. The van der Waals surface area contributed by atoms with Crippen molar-refractivity contribution in [2.24, 2.45) is 4.99 Å². The Kier molecular flexibility index (Phi) is 8.60. The molecule has 0 fully saturated rings. The fraction of sp³-hybridized carbons (Fsp3) is 0.421. The lowest BCUT2D eigenvalue weighted by molar-refractivity contribution is 0.0531. The number of nitrogens with zero attached hydrogens (tertiary/aromatic N) is 2. The number of carbonyl (C=O) groups excluding carboxylic acids is 1. The number of aromatic nitrogens is 1. The van der Waals surface area contributed by atoms with Crippen LogP contribution in [0.15, 0.2) is 40.2 Å². The number of carbonyl (C=O) groups is 1. The van der Waals surface area contributed by atoms with Crippen molar-refractivity contribution in [3.63, 3.8) is 0 Å².